The van der Waals surface area contributed by atoms with Crippen molar-refractivity contribution in [2.24, 2.45) is 41.4 Å². The van der Waals surface area contributed by atoms with Gasteiger partial charge in [-0.05, 0) is 209 Å². The maximum atomic E-state index is 11.6. The maximum Gasteiger partial charge on any atom is 0.161 e. The largest absolute Gasteiger partial charge is 0.512 e. The second-order valence-electron chi connectivity index (χ2n) is 37.2. The molecule has 0 aliphatic carbocycles. The van der Waals surface area contributed by atoms with E-state index >= 15 is 0 Å². The summed E-state index contributed by atoms with van der Waals surface area (Å²) >= 11 is 0. The third-order valence-corrected chi connectivity index (χ3v) is 20.8. The quantitative estimate of drug-likeness (QED) is 0.0254. The van der Waals surface area contributed by atoms with E-state index < -0.39 is 6.85 Å². The summed E-state index contributed by atoms with van der Waals surface area (Å²) in [6, 6.07) is 66.3. The SMILES string of the molecule is CC(=O)C=C(C)O.CC(=O)C=C(C)O.CC(C)CC(=O)C=C(O)CC(C)C.CCCC(C)C(=O)C=C(O)C(CC)CC.Cc1[c-]c(-c2ccc3c(C)cc(C)cc3n2)cc(C)c1.Cc1[c-]c(-c2ccc3c(C)cc(C)cc3n2)cc(C)c1.Cc1[c-]c(-c2ccc3c(CC(C)C)cc(CC(C)C)cc3n2)cc(C)c1.[2H]C([2H])([2H])c1[c-]c(-c2ccc3c(CC(C)C)cccc3n2)cc(C)c1.[Ir].[Ir].[Ir].[Ir]. The summed E-state index contributed by atoms with van der Waals surface area (Å²) in [5, 5.41) is 40.7. The predicted octanol–water partition coefficient (Wildman–Crippen LogP) is 31.1. The molecule has 0 bridgehead atoms. The summed E-state index contributed by atoms with van der Waals surface area (Å²) < 4.78 is 22.9. The Bertz CT molecular complexity index is 5850. The van der Waals surface area contributed by atoms with Gasteiger partial charge in [0, 0.05) is 155 Å². The molecule has 4 radical (unpaired) electrons. The third-order valence-electron chi connectivity index (χ3n) is 20.8. The Morgan fingerprint density at radius 1 is 0.373 bits per heavy atom. The number of carbonyl (C=O) groups is 4. The van der Waals surface area contributed by atoms with E-state index in [1.165, 1.54) is 124 Å². The van der Waals surface area contributed by atoms with Gasteiger partial charge >= 0.3 is 0 Å². The first-order valence-electron chi connectivity index (χ1n) is 47.6. The van der Waals surface area contributed by atoms with Gasteiger partial charge in [-0.25, -0.2) is 0 Å². The molecule has 1 atom stereocenters. The average Bonchev–Trinajstić information content (AvgIpc) is 0.730. The van der Waals surface area contributed by atoms with Crippen molar-refractivity contribution in [2.75, 3.05) is 0 Å². The topological polar surface area (TPSA) is 201 Å². The molecule has 4 N–H and O–H groups in total. The summed E-state index contributed by atoms with van der Waals surface area (Å²) in [5.41, 5.74) is 29.4. The second kappa shape index (κ2) is 61.1. The Morgan fingerprint density at radius 2 is 0.724 bits per heavy atom. The monoisotopic (exact) mass is 2520 g/mol. The number of ketones is 4. The van der Waals surface area contributed by atoms with Crippen LogP contribution in [0.5, 0.6) is 0 Å². The number of hydrogen-bond donors (Lipinski definition) is 4. The van der Waals surface area contributed by atoms with Gasteiger partial charge in [-0.1, -0.05) is 238 Å². The summed E-state index contributed by atoms with van der Waals surface area (Å²) in [6.07, 6.45) is 13.1. The predicted molar refractivity (Wildman–Crippen MR) is 549 cm³/mol. The minimum absolute atomic E-state index is 0. The molecule has 0 aliphatic rings. The van der Waals surface area contributed by atoms with Crippen LogP contribution in [0, 0.1) is 149 Å². The summed E-state index contributed by atoms with van der Waals surface area (Å²) in [5.74, 6) is 3.21. The number of aryl methyl sites for hydroxylation is 12. The fourth-order valence-corrected chi connectivity index (χ4v) is 15.6. The van der Waals surface area contributed by atoms with Gasteiger partial charge in [0.2, 0.25) is 0 Å². The van der Waals surface area contributed by atoms with Gasteiger partial charge in [-0.2, -0.15) is 0 Å². The third kappa shape index (κ3) is 43.9. The van der Waals surface area contributed by atoms with Crippen molar-refractivity contribution in [3.05, 3.63) is 307 Å². The first-order chi connectivity index (χ1) is 62.3. The molecule has 0 aliphatic heterocycles. The molecule has 16 heteroatoms. The van der Waals surface area contributed by atoms with Crippen LogP contribution in [0.25, 0.3) is 88.6 Å². The van der Waals surface area contributed by atoms with Crippen molar-refractivity contribution in [1.29, 1.82) is 0 Å². The van der Waals surface area contributed by atoms with Crippen LogP contribution in [-0.2, 0) is 119 Å². The van der Waals surface area contributed by atoms with E-state index in [1.807, 2.05) is 79.7 Å². The molecule has 12 aromatic rings. The Labute approximate surface area is 862 Å². The van der Waals surface area contributed by atoms with Crippen LogP contribution < -0.4 is 0 Å². The zero-order valence-electron chi connectivity index (χ0n) is 87.7. The van der Waals surface area contributed by atoms with Crippen molar-refractivity contribution in [2.45, 2.75) is 265 Å². The molecule has 0 amide bonds. The molecule has 728 valence electrons. The van der Waals surface area contributed by atoms with E-state index in [2.05, 4.69) is 263 Å². The van der Waals surface area contributed by atoms with Gasteiger partial charge in [0.25, 0.3) is 0 Å². The van der Waals surface area contributed by atoms with Crippen LogP contribution in [0.3, 0.4) is 0 Å². The number of aliphatic hydroxyl groups is 4. The number of pyridine rings is 4. The summed E-state index contributed by atoms with van der Waals surface area (Å²) in [7, 11) is 0. The molecule has 0 spiro atoms. The van der Waals surface area contributed by atoms with Gasteiger partial charge in [0.15, 0.2) is 23.1 Å². The zero-order chi connectivity index (χ0) is 99.6. The van der Waals surface area contributed by atoms with Gasteiger partial charge in [0.1, 0.15) is 0 Å². The Morgan fingerprint density at radius 3 is 1.07 bits per heavy atom. The Hall–Kier alpha value is -9.16. The molecule has 134 heavy (non-hydrogen) atoms. The number of rotatable bonds is 24. The van der Waals surface area contributed by atoms with Crippen LogP contribution in [0.4, 0.5) is 0 Å². The van der Waals surface area contributed by atoms with Crippen LogP contribution in [0.2, 0.25) is 0 Å². The van der Waals surface area contributed by atoms with Crippen molar-refractivity contribution < 1.29 is 124 Å². The summed E-state index contributed by atoms with van der Waals surface area (Å²) in [6.45, 7) is 56.1. The molecule has 1 unspecified atom stereocenters. The second-order valence-corrected chi connectivity index (χ2v) is 37.2. The van der Waals surface area contributed by atoms with Crippen molar-refractivity contribution in [3.63, 3.8) is 0 Å². The van der Waals surface area contributed by atoms with Crippen molar-refractivity contribution in [3.8, 4) is 45.0 Å². The van der Waals surface area contributed by atoms with Crippen molar-refractivity contribution >= 4 is 66.7 Å². The number of allylic oxidation sites excluding steroid dienone is 8. The van der Waals surface area contributed by atoms with Crippen LogP contribution in [-0.4, -0.2) is 63.5 Å². The van der Waals surface area contributed by atoms with Crippen LogP contribution in [0.1, 0.15) is 251 Å². The molecule has 4 aromatic heterocycles. The van der Waals surface area contributed by atoms with Crippen molar-refractivity contribution in [1.82, 2.24) is 19.9 Å². The Kier molecular flexibility index (Phi) is 53.4. The van der Waals surface area contributed by atoms with E-state index in [0.29, 0.717) is 42.4 Å². The number of nitrogens with zero attached hydrogens (tertiary/aromatic N) is 4. The molecular formula is C118H148Ir4N4O8-4. The molecular weight excluding hydrogens is 2370 g/mol. The van der Waals surface area contributed by atoms with E-state index in [-0.39, 0.29) is 144 Å². The standard InChI is InChI=1S/C25H30N.C21H22N.2C19H18N.C13H24O2.C11H20O2.2C5H8O2.4Ir/c1-16(2)9-20-14-21(10-17(3)4)23-7-8-24(26-25(23)15-20)22-12-18(5)11-19(6)13-22;1-14(2)10-17-6-5-7-21-19(17)8-9-20(22-21)18-12-15(3)11-16(4)13-18;2*1-12-7-13(2)10-16(9-12)18-6-5-17-15(4)8-14(3)11-19(17)20-18;1-5-8-10(4)12(14)9-13(15)11(6-2)7-3;1-8(2)5-10(12)7-11(13)6-9(3)4;2*1-4(6)3-5(2)7;;;;/h7-8,11-12,14-17H,9-10H2,1-6H3;5-9,11-12,14H,10H2,1-4H3;2*5-9,11H,1-4H3;9-11,15H,5-8H2,1-4H3;7-9,12H,5-6H2,1-4H3;2*3,6H,1-2H3;;;;/q4*-1;;;;;;;;/i;4D3;;;;;;;;;;. The van der Waals surface area contributed by atoms with Gasteiger partial charge in [0.05, 0.1) is 45.1 Å². The minimum atomic E-state index is -2.16. The number of fused-ring (bicyclic) bond motifs is 4. The number of aliphatic hydroxyl groups excluding tert-OH is 4. The normalized spacial score (nSPS) is 11.9. The number of carbonyl (C=O) groups excluding carboxylic acids is 4. The number of hydrogen-bond acceptors (Lipinski definition) is 12. The number of benzene rings is 8. The van der Waals surface area contributed by atoms with Gasteiger partial charge < -0.3 is 20.4 Å². The van der Waals surface area contributed by atoms with Crippen LogP contribution in [0.15, 0.2) is 199 Å². The van der Waals surface area contributed by atoms with Gasteiger partial charge in [-0.3, -0.25) is 39.1 Å². The molecule has 0 fully saturated rings. The van der Waals surface area contributed by atoms with E-state index in [9.17, 15) is 29.4 Å². The smallest absolute Gasteiger partial charge is 0.161 e. The van der Waals surface area contributed by atoms with Crippen LogP contribution >= 0.6 is 0 Å². The minimum Gasteiger partial charge on any atom is -0.512 e. The fourth-order valence-electron chi connectivity index (χ4n) is 15.6. The van der Waals surface area contributed by atoms with E-state index in [4.69, 9.17) is 34.3 Å². The van der Waals surface area contributed by atoms with E-state index in [1.54, 1.807) is 6.07 Å². The zero-order valence-corrected chi connectivity index (χ0v) is 94.3. The summed E-state index contributed by atoms with van der Waals surface area (Å²) in [4.78, 5) is 62.3. The molecule has 0 saturated carbocycles. The molecule has 8 aromatic carbocycles. The average molecular weight is 2520 g/mol. The molecule has 4 heterocycles. The Balaban J connectivity index is 0.000000804. The first kappa shape index (κ1) is 117. The fraction of sp³-hybridized carbons (Fsp3) is 0.390. The molecule has 12 rings (SSSR count). The molecule has 12 nitrogen and oxygen atoms in total. The van der Waals surface area contributed by atoms with E-state index in [0.717, 1.165) is 140 Å². The molecule has 0 saturated heterocycles. The first-order valence-corrected chi connectivity index (χ1v) is 46.1. The number of aromatic nitrogens is 4. The maximum absolute atomic E-state index is 11.6. The van der Waals surface area contributed by atoms with Gasteiger partial charge in [-0.15, -0.1) is 140 Å².